The van der Waals surface area contributed by atoms with E-state index in [4.69, 9.17) is 9.47 Å². The summed E-state index contributed by atoms with van der Waals surface area (Å²) in [7, 11) is 1.66. The molecule has 138 valence electrons. The van der Waals surface area contributed by atoms with Crippen LogP contribution in [0.15, 0.2) is 24.3 Å². The van der Waals surface area contributed by atoms with Crippen LogP contribution in [0.5, 0.6) is 5.75 Å². The highest BCUT2D eigenvalue weighted by molar-refractivity contribution is 5.78. The van der Waals surface area contributed by atoms with E-state index < -0.39 is 0 Å². The van der Waals surface area contributed by atoms with Gasteiger partial charge < -0.3 is 14.4 Å². The average molecular weight is 346 g/mol. The largest absolute Gasteiger partial charge is 0.497 e. The minimum Gasteiger partial charge on any atom is -0.497 e. The van der Waals surface area contributed by atoms with Crippen LogP contribution in [-0.2, 0) is 16.0 Å². The molecule has 3 rings (SSSR count). The molecular weight excluding hydrogens is 316 g/mol. The van der Waals surface area contributed by atoms with Gasteiger partial charge in [0.1, 0.15) is 5.75 Å². The van der Waals surface area contributed by atoms with Crippen molar-refractivity contribution < 1.29 is 14.3 Å². The van der Waals surface area contributed by atoms with Gasteiger partial charge in [-0.2, -0.15) is 0 Å². The first-order chi connectivity index (χ1) is 12.2. The number of hydrogen-bond donors (Lipinski definition) is 0. The standard InChI is InChI=1S/C20H30N2O3/c1-24-19-6-2-4-18(14-19)15-20(23)22-8-3-5-17(7-9-22)16-21-10-12-25-13-11-21/h2,4,6,14,17H,3,5,7-13,15-16H2,1H3. The molecule has 5 heteroatoms. The van der Waals surface area contributed by atoms with Crippen molar-refractivity contribution in [2.75, 3.05) is 53.0 Å². The molecule has 2 saturated heterocycles. The number of likely N-dealkylation sites (tertiary alicyclic amines) is 1. The summed E-state index contributed by atoms with van der Waals surface area (Å²) in [5.41, 5.74) is 1.03. The number of nitrogens with zero attached hydrogens (tertiary/aromatic N) is 2. The van der Waals surface area contributed by atoms with Crippen molar-refractivity contribution in [2.24, 2.45) is 5.92 Å². The van der Waals surface area contributed by atoms with E-state index in [-0.39, 0.29) is 5.91 Å². The average Bonchev–Trinajstić information content (AvgIpc) is 2.88. The molecule has 0 saturated carbocycles. The van der Waals surface area contributed by atoms with Gasteiger partial charge in [-0.1, -0.05) is 12.1 Å². The Labute approximate surface area is 150 Å². The first-order valence-corrected chi connectivity index (χ1v) is 9.45. The number of morpholine rings is 1. The minimum atomic E-state index is 0.236. The van der Waals surface area contributed by atoms with Gasteiger partial charge in [-0.05, 0) is 42.9 Å². The van der Waals surface area contributed by atoms with E-state index in [1.165, 1.54) is 6.42 Å². The van der Waals surface area contributed by atoms with Gasteiger partial charge in [0.15, 0.2) is 0 Å². The van der Waals surface area contributed by atoms with E-state index >= 15 is 0 Å². The van der Waals surface area contributed by atoms with E-state index in [0.29, 0.717) is 12.3 Å². The highest BCUT2D eigenvalue weighted by atomic mass is 16.5. The SMILES string of the molecule is COc1cccc(CC(=O)N2CCCC(CN3CCOCC3)CC2)c1. The Kier molecular flexibility index (Phi) is 6.70. The minimum absolute atomic E-state index is 0.236. The zero-order valence-corrected chi connectivity index (χ0v) is 15.3. The van der Waals surface area contributed by atoms with Crippen LogP contribution in [-0.4, -0.2) is 68.8 Å². The number of rotatable bonds is 5. The van der Waals surface area contributed by atoms with Crippen molar-refractivity contribution in [2.45, 2.75) is 25.7 Å². The number of methoxy groups -OCH3 is 1. The number of benzene rings is 1. The summed E-state index contributed by atoms with van der Waals surface area (Å²) in [6.45, 7) is 6.75. The van der Waals surface area contributed by atoms with E-state index in [0.717, 1.165) is 70.1 Å². The normalized spacial score (nSPS) is 22.4. The molecule has 0 aliphatic carbocycles. The Bertz CT molecular complexity index is 558. The van der Waals surface area contributed by atoms with E-state index in [1.807, 2.05) is 24.3 Å². The van der Waals surface area contributed by atoms with Crippen LogP contribution < -0.4 is 4.74 Å². The Morgan fingerprint density at radius 3 is 2.84 bits per heavy atom. The van der Waals surface area contributed by atoms with Crippen LogP contribution in [0.25, 0.3) is 0 Å². The molecule has 1 aromatic rings. The van der Waals surface area contributed by atoms with Crippen molar-refractivity contribution in [3.8, 4) is 5.75 Å². The Morgan fingerprint density at radius 2 is 2.04 bits per heavy atom. The molecule has 0 bridgehead atoms. The van der Waals surface area contributed by atoms with Gasteiger partial charge in [-0.3, -0.25) is 9.69 Å². The second-order valence-electron chi connectivity index (χ2n) is 7.12. The van der Waals surface area contributed by atoms with Gasteiger partial charge in [0, 0.05) is 32.7 Å². The van der Waals surface area contributed by atoms with Gasteiger partial charge in [0.2, 0.25) is 5.91 Å². The van der Waals surface area contributed by atoms with E-state index in [9.17, 15) is 4.79 Å². The van der Waals surface area contributed by atoms with Gasteiger partial charge in [-0.15, -0.1) is 0 Å². The van der Waals surface area contributed by atoms with Crippen LogP contribution in [0.3, 0.4) is 0 Å². The molecule has 2 heterocycles. The first-order valence-electron chi connectivity index (χ1n) is 9.45. The van der Waals surface area contributed by atoms with Crippen molar-refractivity contribution in [3.63, 3.8) is 0 Å². The van der Waals surface area contributed by atoms with Gasteiger partial charge >= 0.3 is 0 Å². The lowest BCUT2D eigenvalue weighted by molar-refractivity contribution is -0.130. The summed E-state index contributed by atoms with van der Waals surface area (Å²) in [5.74, 6) is 1.75. The lowest BCUT2D eigenvalue weighted by Gasteiger charge is -2.30. The number of hydrogen-bond acceptors (Lipinski definition) is 4. The number of carbonyl (C=O) groups excluding carboxylic acids is 1. The molecule has 5 nitrogen and oxygen atoms in total. The summed E-state index contributed by atoms with van der Waals surface area (Å²) in [4.78, 5) is 17.2. The lowest BCUT2D eigenvalue weighted by atomic mass is 10.00. The van der Waals surface area contributed by atoms with Crippen LogP contribution in [0.1, 0.15) is 24.8 Å². The van der Waals surface area contributed by atoms with Crippen molar-refractivity contribution in [1.82, 2.24) is 9.80 Å². The second kappa shape index (κ2) is 9.20. The van der Waals surface area contributed by atoms with Crippen LogP contribution in [0.2, 0.25) is 0 Å². The Hall–Kier alpha value is -1.59. The molecule has 2 aliphatic heterocycles. The van der Waals surface area contributed by atoms with Crippen LogP contribution in [0.4, 0.5) is 0 Å². The highest BCUT2D eigenvalue weighted by Crippen LogP contribution is 2.20. The molecule has 2 aliphatic rings. The maximum Gasteiger partial charge on any atom is 0.226 e. The summed E-state index contributed by atoms with van der Waals surface area (Å²) < 4.78 is 10.7. The molecular formula is C20H30N2O3. The predicted octanol–water partition coefficient (Wildman–Crippen LogP) is 2.20. The third kappa shape index (κ3) is 5.44. The Morgan fingerprint density at radius 1 is 1.20 bits per heavy atom. The Balaban J connectivity index is 1.48. The molecule has 1 atom stereocenters. The fraction of sp³-hybridized carbons (Fsp3) is 0.650. The monoisotopic (exact) mass is 346 g/mol. The molecule has 2 fully saturated rings. The number of amides is 1. The molecule has 0 aromatic heterocycles. The van der Waals surface area contributed by atoms with Gasteiger partial charge in [0.05, 0.1) is 26.7 Å². The summed E-state index contributed by atoms with van der Waals surface area (Å²) >= 11 is 0. The third-order valence-electron chi connectivity index (χ3n) is 5.31. The molecule has 25 heavy (non-hydrogen) atoms. The highest BCUT2D eigenvalue weighted by Gasteiger charge is 2.23. The summed E-state index contributed by atoms with van der Waals surface area (Å²) in [6, 6.07) is 7.81. The molecule has 1 aromatic carbocycles. The van der Waals surface area contributed by atoms with Crippen LogP contribution >= 0.6 is 0 Å². The topological polar surface area (TPSA) is 42.0 Å². The zero-order chi connectivity index (χ0) is 17.5. The van der Waals surface area contributed by atoms with E-state index in [1.54, 1.807) is 7.11 Å². The smallest absolute Gasteiger partial charge is 0.226 e. The first kappa shape index (κ1) is 18.2. The van der Waals surface area contributed by atoms with Crippen molar-refractivity contribution in [1.29, 1.82) is 0 Å². The van der Waals surface area contributed by atoms with Crippen molar-refractivity contribution in [3.05, 3.63) is 29.8 Å². The zero-order valence-electron chi connectivity index (χ0n) is 15.3. The number of carbonyl (C=O) groups is 1. The fourth-order valence-electron chi connectivity index (χ4n) is 3.82. The molecule has 1 amide bonds. The van der Waals surface area contributed by atoms with Crippen LogP contribution in [0, 0.1) is 5.92 Å². The fourth-order valence-corrected chi connectivity index (χ4v) is 3.82. The maximum absolute atomic E-state index is 12.7. The third-order valence-corrected chi connectivity index (χ3v) is 5.31. The van der Waals surface area contributed by atoms with Gasteiger partial charge in [-0.25, -0.2) is 0 Å². The summed E-state index contributed by atoms with van der Waals surface area (Å²) in [5, 5.41) is 0. The maximum atomic E-state index is 12.7. The predicted molar refractivity (Wildman–Crippen MR) is 97.9 cm³/mol. The quantitative estimate of drug-likeness (QED) is 0.820. The van der Waals surface area contributed by atoms with E-state index in [2.05, 4.69) is 9.80 Å². The molecule has 1 unspecified atom stereocenters. The summed E-state index contributed by atoms with van der Waals surface area (Å²) in [6.07, 6.45) is 3.91. The lowest BCUT2D eigenvalue weighted by Crippen LogP contribution is -2.39. The second-order valence-corrected chi connectivity index (χ2v) is 7.12. The molecule has 0 N–H and O–H groups in total. The van der Waals surface area contributed by atoms with Gasteiger partial charge in [0.25, 0.3) is 0 Å². The molecule has 0 spiro atoms. The molecule has 0 radical (unpaired) electrons. The van der Waals surface area contributed by atoms with Crippen molar-refractivity contribution >= 4 is 5.91 Å². The number of ether oxygens (including phenoxy) is 2.